The van der Waals surface area contributed by atoms with Crippen molar-refractivity contribution in [3.05, 3.63) is 29.6 Å². The minimum Gasteiger partial charge on any atom is -0.432 e. The Hall–Kier alpha value is -1.19. The maximum atomic E-state index is 13.8. The van der Waals surface area contributed by atoms with Crippen LogP contribution in [0.15, 0.2) is 18.2 Å². The number of alkyl halides is 2. The summed E-state index contributed by atoms with van der Waals surface area (Å²) >= 11 is 0. The number of benzene rings is 1. The Bertz CT molecular complexity index is 604. The number of hydrogen-bond acceptors (Lipinski definition) is 1. The topological polar surface area (TPSA) is 9.23 Å². The maximum absolute atomic E-state index is 13.8. The Kier molecular flexibility index (Phi) is 9.87. The van der Waals surface area contributed by atoms with Crippen molar-refractivity contribution < 1.29 is 17.9 Å². The SMILES string of the molecule is Fc1cc(CCC2CCC(CCCCCCC3CCCC3)CC2)ccc1OC(F)F. The van der Waals surface area contributed by atoms with Crippen LogP contribution in [0.2, 0.25) is 0 Å². The fourth-order valence-electron chi connectivity index (χ4n) is 5.59. The molecule has 4 heteroatoms. The molecule has 1 nitrogen and oxygen atoms in total. The van der Waals surface area contributed by atoms with E-state index in [0.29, 0.717) is 5.92 Å². The van der Waals surface area contributed by atoms with Gasteiger partial charge >= 0.3 is 6.61 Å². The van der Waals surface area contributed by atoms with E-state index in [1.807, 2.05) is 0 Å². The third kappa shape index (κ3) is 8.15. The summed E-state index contributed by atoms with van der Waals surface area (Å²) in [5.41, 5.74) is 0.869. The van der Waals surface area contributed by atoms with Gasteiger partial charge in [-0.05, 0) is 48.3 Å². The molecule has 0 spiro atoms. The number of hydrogen-bond donors (Lipinski definition) is 0. The fraction of sp³-hybridized carbons (Fsp3) is 0.769. The molecule has 0 aliphatic heterocycles. The molecule has 0 heterocycles. The summed E-state index contributed by atoms with van der Waals surface area (Å²) in [5.74, 6) is 1.60. The van der Waals surface area contributed by atoms with Gasteiger partial charge in [-0.15, -0.1) is 0 Å². The van der Waals surface area contributed by atoms with Crippen LogP contribution in [0.25, 0.3) is 0 Å². The van der Waals surface area contributed by atoms with Gasteiger partial charge < -0.3 is 4.74 Å². The molecule has 2 aliphatic carbocycles. The third-order valence-corrected chi connectivity index (χ3v) is 7.47. The van der Waals surface area contributed by atoms with Crippen molar-refractivity contribution in [2.24, 2.45) is 17.8 Å². The molecule has 0 bridgehead atoms. The number of aryl methyl sites for hydroxylation is 1. The number of rotatable bonds is 12. The van der Waals surface area contributed by atoms with Gasteiger partial charge in [0.2, 0.25) is 0 Å². The summed E-state index contributed by atoms with van der Waals surface area (Å²) in [5, 5.41) is 0. The Morgan fingerprint density at radius 2 is 1.33 bits per heavy atom. The zero-order chi connectivity index (χ0) is 21.2. The Morgan fingerprint density at radius 3 is 1.90 bits per heavy atom. The molecule has 0 N–H and O–H groups in total. The van der Waals surface area contributed by atoms with E-state index in [1.54, 1.807) is 6.07 Å². The highest BCUT2D eigenvalue weighted by atomic mass is 19.3. The van der Waals surface area contributed by atoms with Crippen LogP contribution in [0.1, 0.15) is 102 Å². The van der Waals surface area contributed by atoms with Gasteiger partial charge in [-0.25, -0.2) is 4.39 Å². The summed E-state index contributed by atoms with van der Waals surface area (Å²) < 4.78 is 42.5. The molecule has 0 amide bonds. The summed E-state index contributed by atoms with van der Waals surface area (Å²) in [6.07, 6.45) is 21.5. The average molecular weight is 425 g/mol. The van der Waals surface area contributed by atoms with Crippen LogP contribution in [0, 0.1) is 23.6 Å². The molecule has 3 rings (SSSR count). The van der Waals surface area contributed by atoms with E-state index in [1.165, 1.54) is 102 Å². The summed E-state index contributed by atoms with van der Waals surface area (Å²) in [6, 6.07) is 4.37. The van der Waals surface area contributed by atoms with Gasteiger partial charge in [0.15, 0.2) is 11.6 Å². The smallest absolute Gasteiger partial charge is 0.387 e. The largest absolute Gasteiger partial charge is 0.432 e. The molecule has 170 valence electrons. The minimum atomic E-state index is -2.99. The molecule has 1 aromatic carbocycles. The van der Waals surface area contributed by atoms with Gasteiger partial charge in [0.05, 0.1) is 0 Å². The lowest BCUT2D eigenvalue weighted by Gasteiger charge is -2.28. The normalized spacial score (nSPS) is 22.7. The molecule has 0 saturated heterocycles. The summed E-state index contributed by atoms with van der Waals surface area (Å²) in [4.78, 5) is 0. The molecule has 0 aromatic heterocycles. The lowest BCUT2D eigenvalue weighted by molar-refractivity contribution is -0.0522. The zero-order valence-corrected chi connectivity index (χ0v) is 18.4. The first-order chi connectivity index (χ1) is 14.6. The Balaban J connectivity index is 1.23. The van der Waals surface area contributed by atoms with Crippen LogP contribution in [-0.4, -0.2) is 6.61 Å². The molecular formula is C26H39F3O. The van der Waals surface area contributed by atoms with Crippen molar-refractivity contribution in [2.45, 2.75) is 109 Å². The van der Waals surface area contributed by atoms with Gasteiger partial charge in [0.25, 0.3) is 0 Å². The summed E-state index contributed by atoms with van der Waals surface area (Å²) in [6.45, 7) is -2.99. The van der Waals surface area contributed by atoms with E-state index < -0.39 is 12.4 Å². The van der Waals surface area contributed by atoms with Crippen molar-refractivity contribution in [2.75, 3.05) is 0 Å². The van der Waals surface area contributed by atoms with Crippen LogP contribution in [0.5, 0.6) is 5.75 Å². The molecule has 0 radical (unpaired) electrons. The second-order valence-electron chi connectivity index (χ2n) is 9.71. The second-order valence-corrected chi connectivity index (χ2v) is 9.71. The molecule has 30 heavy (non-hydrogen) atoms. The van der Waals surface area contributed by atoms with Crippen molar-refractivity contribution >= 4 is 0 Å². The van der Waals surface area contributed by atoms with Crippen molar-refractivity contribution in [1.29, 1.82) is 0 Å². The Morgan fingerprint density at radius 1 is 0.767 bits per heavy atom. The molecule has 0 atom stereocenters. The van der Waals surface area contributed by atoms with Crippen LogP contribution in [0.4, 0.5) is 13.2 Å². The predicted octanol–water partition coefficient (Wildman–Crippen LogP) is 8.70. The molecule has 2 fully saturated rings. The van der Waals surface area contributed by atoms with Crippen LogP contribution >= 0.6 is 0 Å². The van der Waals surface area contributed by atoms with E-state index in [0.717, 1.165) is 30.2 Å². The Labute approximate surface area is 180 Å². The van der Waals surface area contributed by atoms with Gasteiger partial charge in [0.1, 0.15) is 0 Å². The number of halogens is 3. The van der Waals surface area contributed by atoms with Crippen LogP contribution < -0.4 is 4.74 Å². The minimum absolute atomic E-state index is 0.368. The van der Waals surface area contributed by atoms with E-state index >= 15 is 0 Å². The molecule has 0 unspecified atom stereocenters. The second kappa shape index (κ2) is 12.6. The van der Waals surface area contributed by atoms with E-state index in [9.17, 15) is 13.2 Å². The first kappa shape index (κ1) is 23.5. The van der Waals surface area contributed by atoms with Crippen LogP contribution in [-0.2, 0) is 6.42 Å². The first-order valence-corrected chi connectivity index (χ1v) is 12.3. The zero-order valence-electron chi connectivity index (χ0n) is 18.4. The van der Waals surface area contributed by atoms with E-state index in [2.05, 4.69) is 4.74 Å². The third-order valence-electron chi connectivity index (χ3n) is 7.47. The highest BCUT2D eigenvalue weighted by Gasteiger charge is 2.21. The number of ether oxygens (including phenoxy) is 1. The summed E-state index contributed by atoms with van der Waals surface area (Å²) in [7, 11) is 0. The highest BCUT2D eigenvalue weighted by molar-refractivity contribution is 5.29. The van der Waals surface area contributed by atoms with Gasteiger partial charge in [-0.1, -0.05) is 96.0 Å². The highest BCUT2D eigenvalue weighted by Crippen LogP contribution is 2.35. The lowest BCUT2D eigenvalue weighted by atomic mass is 9.77. The quantitative estimate of drug-likeness (QED) is 0.305. The van der Waals surface area contributed by atoms with Crippen LogP contribution in [0.3, 0.4) is 0 Å². The van der Waals surface area contributed by atoms with Crippen molar-refractivity contribution in [3.63, 3.8) is 0 Å². The number of unbranched alkanes of at least 4 members (excludes halogenated alkanes) is 3. The van der Waals surface area contributed by atoms with Gasteiger partial charge in [-0.3, -0.25) is 0 Å². The lowest BCUT2D eigenvalue weighted by Crippen LogP contribution is -2.15. The molecule has 2 saturated carbocycles. The molecular weight excluding hydrogens is 385 g/mol. The molecule has 1 aromatic rings. The fourth-order valence-corrected chi connectivity index (χ4v) is 5.59. The predicted molar refractivity (Wildman–Crippen MR) is 116 cm³/mol. The van der Waals surface area contributed by atoms with E-state index in [4.69, 9.17) is 0 Å². The maximum Gasteiger partial charge on any atom is 0.387 e. The monoisotopic (exact) mass is 424 g/mol. The standard InChI is InChI=1S/C26H39F3O/c27-24-19-23(17-18-25(24)30-26(28)29)16-15-22-13-11-21(12-14-22)8-4-2-1-3-7-20-9-5-6-10-20/h17-22,26H,1-16H2. The van der Waals surface area contributed by atoms with E-state index in [-0.39, 0.29) is 5.75 Å². The average Bonchev–Trinajstić information content (AvgIpc) is 3.25. The van der Waals surface area contributed by atoms with Gasteiger partial charge in [0, 0.05) is 0 Å². The molecule has 2 aliphatic rings. The van der Waals surface area contributed by atoms with Crippen molar-refractivity contribution in [1.82, 2.24) is 0 Å². The van der Waals surface area contributed by atoms with Gasteiger partial charge in [-0.2, -0.15) is 8.78 Å². The first-order valence-electron chi connectivity index (χ1n) is 12.3. The van der Waals surface area contributed by atoms with Crippen molar-refractivity contribution in [3.8, 4) is 5.75 Å².